The summed E-state index contributed by atoms with van der Waals surface area (Å²) in [5.41, 5.74) is 6.21. The lowest BCUT2D eigenvalue weighted by Crippen LogP contribution is -2.29. The van der Waals surface area contributed by atoms with E-state index in [1.807, 2.05) is 30.3 Å². The molecule has 4 N–H and O–H groups in total. The highest BCUT2D eigenvalue weighted by Gasteiger charge is 1.99. The highest BCUT2D eigenvalue weighted by atomic mass is 35.5. The number of benzene rings is 1. The van der Waals surface area contributed by atoms with Crippen molar-refractivity contribution in [2.75, 3.05) is 18.4 Å². The maximum atomic E-state index is 11.5. The molecule has 1 aromatic carbocycles. The molecule has 0 saturated heterocycles. The highest BCUT2D eigenvalue weighted by Crippen LogP contribution is 2.04. The minimum absolute atomic E-state index is 0. The number of hydrogen-bond acceptors (Lipinski definition) is 2. The molecule has 0 aliphatic heterocycles. The van der Waals surface area contributed by atoms with Gasteiger partial charge in [-0.1, -0.05) is 31.0 Å². The van der Waals surface area contributed by atoms with E-state index < -0.39 is 0 Å². The van der Waals surface area contributed by atoms with Gasteiger partial charge in [-0.15, -0.1) is 12.4 Å². The number of anilines is 1. The highest BCUT2D eigenvalue weighted by molar-refractivity contribution is 5.89. The van der Waals surface area contributed by atoms with Gasteiger partial charge in [0.25, 0.3) is 0 Å². The van der Waals surface area contributed by atoms with Crippen molar-refractivity contribution in [3.05, 3.63) is 30.3 Å². The van der Waals surface area contributed by atoms with Gasteiger partial charge >= 0.3 is 6.03 Å². The van der Waals surface area contributed by atoms with Gasteiger partial charge in [-0.25, -0.2) is 4.79 Å². The molecule has 2 amide bonds. The zero-order valence-corrected chi connectivity index (χ0v) is 11.3. The number of nitrogens with two attached hydrogens (primary N) is 1. The lowest BCUT2D eigenvalue weighted by atomic mass is 10.2. The van der Waals surface area contributed by atoms with Gasteiger partial charge in [0.2, 0.25) is 0 Å². The zero-order chi connectivity index (χ0) is 12.3. The summed E-state index contributed by atoms with van der Waals surface area (Å²) in [4.78, 5) is 11.5. The Bertz CT molecular complexity index is 319. The van der Waals surface area contributed by atoms with Crippen molar-refractivity contribution >= 4 is 24.1 Å². The summed E-state index contributed by atoms with van der Waals surface area (Å²) in [7, 11) is 0. The summed E-state index contributed by atoms with van der Waals surface area (Å²) in [6.07, 6.45) is 4.32. The first kappa shape index (κ1) is 16.7. The Kier molecular flexibility index (Phi) is 10.1. The van der Waals surface area contributed by atoms with Crippen LogP contribution in [0.5, 0.6) is 0 Å². The van der Waals surface area contributed by atoms with E-state index in [1.54, 1.807) is 0 Å². The van der Waals surface area contributed by atoms with Crippen LogP contribution in [0.25, 0.3) is 0 Å². The summed E-state index contributed by atoms with van der Waals surface area (Å²) >= 11 is 0. The van der Waals surface area contributed by atoms with E-state index >= 15 is 0 Å². The average Bonchev–Trinajstić information content (AvgIpc) is 2.35. The van der Waals surface area contributed by atoms with Crippen LogP contribution in [0.1, 0.15) is 25.7 Å². The number of amides is 2. The third kappa shape index (κ3) is 7.92. The number of urea groups is 1. The van der Waals surface area contributed by atoms with Gasteiger partial charge in [-0.05, 0) is 31.5 Å². The third-order valence-electron chi connectivity index (χ3n) is 2.45. The second-order valence-corrected chi connectivity index (χ2v) is 3.95. The number of carbonyl (C=O) groups excluding carboxylic acids is 1. The molecule has 0 unspecified atom stereocenters. The lowest BCUT2D eigenvalue weighted by molar-refractivity contribution is 0.252. The van der Waals surface area contributed by atoms with Gasteiger partial charge in [-0.2, -0.15) is 0 Å². The van der Waals surface area contributed by atoms with Crippen LogP contribution in [0.4, 0.5) is 10.5 Å². The smallest absolute Gasteiger partial charge is 0.319 e. The van der Waals surface area contributed by atoms with Crippen LogP contribution in [-0.4, -0.2) is 19.1 Å². The van der Waals surface area contributed by atoms with E-state index in [0.29, 0.717) is 6.54 Å². The van der Waals surface area contributed by atoms with Crippen LogP contribution < -0.4 is 16.4 Å². The molecule has 0 fully saturated rings. The van der Waals surface area contributed by atoms with E-state index in [9.17, 15) is 4.79 Å². The molecule has 0 radical (unpaired) electrons. The number of para-hydroxylation sites is 1. The minimum Gasteiger partial charge on any atom is -0.338 e. The average molecular weight is 272 g/mol. The van der Waals surface area contributed by atoms with Gasteiger partial charge in [0.1, 0.15) is 0 Å². The van der Waals surface area contributed by atoms with Crippen LogP contribution in [0.15, 0.2) is 30.3 Å². The van der Waals surface area contributed by atoms with Crippen molar-refractivity contribution in [2.24, 2.45) is 5.73 Å². The van der Waals surface area contributed by atoms with Crippen molar-refractivity contribution in [2.45, 2.75) is 25.7 Å². The van der Waals surface area contributed by atoms with Crippen LogP contribution in [0.3, 0.4) is 0 Å². The van der Waals surface area contributed by atoms with E-state index in [2.05, 4.69) is 10.6 Å². The molecule has 0 spiro atoms. The second-order valence-electron chi connectivity index (χ2n) is 3.95. The molecule has 0 saturated carbocycles. The van der Waals surface area contributed by atoms with E-state index in [4.69, 9.17) is 5.73 Å². The molecule has 18 heavy (non-hydrogen) atoms. The fraction of sp³-hybridized carbons (Fsp3) is 0.462. The number of hydrogen-bond donors (Lipinski definition) is 3. The number of rotatable bonds is 7. The molecule has 0 aliphatic carbocycles. The first-order valence-electron chi connectivity index (χ1n) is 6.13. The first-order valence-corrected chi connectivity index (χ1v) is 6.13. The fourth-order valence-corrected chi connectivity index (χ4v) is 1.52. The van der Waals surface area contributed by atoms with Gasteiger partial charge in [0, 0.05) is 12.2 Å². The summed E-state index contributed by atoms with van der Waals surface area (Å²) in [5.74, 6) is 0. The summed E-state index contributed by atoms with van der Waals surface area (Å²) in [6, 6.07) is 9.28. The molecule has 0 bridgehead atoms. The normalized spacial score (nSPS) is 9.39. The van der Waals surface area contributed by atoms with Crippen molar-refractivity contribution in [3.63, 3.8) is 0 Å². The largest absolute Gasteiger partial charge is 0.338 e. The zero-order valence-electron chi connectivity index (χ0n) is 10.5. The Morgan fingerprint density at radius 3 is 2.39 bits per heavy atom. The Morgan fingerprint density at radius 2 is 1.72 bits per heavy atom. The lowest BCUT2D eigenvalue weighted by Gasteiger charge is -2.07. The van der Waals surface area contributed by atoms with Crippen LogP contribution in [0, 0.1) is 0 Å². The second kappa shape index (κ2) is 10.9. The molecular weight excluding hydrogens is 250 g/mol. The topological polar surface area (TPSA) is 67.1 Å². The molecule has 0 heterocycles. The van der Waals surface area contributed by atoms with Crippen LogP contribution >= 0.6 is 12.4 Å². The molecule has 1 aromatic rings. The third-order valence-corrected chi connectivity index (χ3v) is 2.45. The van der Waals surface area contributed by atoms with Gasteiger partial charge in [0.05, 0.1) is 0 Å². The van der Waals surface area contributed by atoms with E-state index in [0.717, 1.165) is 37.9 Å². The molecular formula is C13H22ClN3O. The Morgan fingerprint density at radius 1 is 1.06 bits per heavy atom. The quantitative estimate of drug-likeness (QED) is 0.668. The predicted octanol–water partition coefficient (Wildman–Crippen LogP) is 2.75. The fourth-order valence-electron chi connectivity index (χ4n) is 1.52. The molecule has 0 atom stereocenters. The van der Waals surface area contributed by atoms with Gasteiger partial charge in [-0.3, -0.25) is 0 Å². The summed E-state index contributed by atoms with van der Waals surface area (Å²) in [6.45, 7) is 1.46. The summed E-state index contributed by atoms with van der Waals surface area (Å²) in [5, 5.41) is 5.60. The number of nitrogens with one attached hydrogen (secondary N) is 2. The van der Waals surface area contributed by atoms with Crippen molar-refractivity contribution in [1.29, 1.82) is 0 Å². The van der Waals surface area contributed by atoms with Gasteiger partial charge < -0.3 is 16.4 Å². The number of halogens is 1. The molecule has 4 nitrogen and oxygen atoms in total. The Balaban J connectivity index is 0.00000289. The standard InChI is InChI=1S/C13H21N3O.ClH/c14-10-6-1-2-7-11-15-13(17)16-12-8-4-3-5-9-12;/h3-5,8-9H,1-2,6-7,10-11,14H2,(H2,15,16,17);1H. The Hall–Kier alpha value is -1.26. The summed E-state index contributed by atoms with van der Waals surface area (Å²) < 4.78 is 0. The van der Waals surface area contributed by atoms with Crippen molar-refractivity contribution in [3.8, 4) is 0 Å². The maximum Gasteiger partial charge on any atom is 0.319 e. The van der Waals surface area contributed by atoms with Crippen molar-refractivity contribution in [1.82, 2.24) is 5.32 Å². The molecule has 102 valence electrons. The molecule has 5 heteroatoms. The predicted molar refractivity (Wildman–Crippen MR) is 78.2 cm³/mol. The number of carbonyl (C=O) groups is 1. The van der Waals surface area contributed by atoms with Gasteiger partial charge in [0.15, 0.2) is 0 Å². The van der Waals surface area contributed by atoms with Crippen LogP contribution in [-0.2, 0) is 0 Å². The number of unbranched alkanes of at least 4 members (excludes halogenated alkanes) is 3. The van der Waals surface area contributed by atoms with Crippen molar-refractivity contribution < 1.29 is 4.79 Å². The minimum atomic E-state index is -0.143. The molecule has 0 aromatic heterocycles. The van der Waals surface area contributed by atoms with E-state index in [-0.39, 0.29) is 18.4 Å². The first-order chi connectivity index (χ1) is 8.33. The molecule has 0 aliphatic rings. The van der Waals surface area contributed by atoms with E-state index in [1.165, 1.54) is 0 Å². The monoisotopic (exact) mass is 271 g/mol. The SMILES string of the molecule is Cl.NCCCCCCNC(=O)Nc1ccccc1. The maximum absolute atomic E-state index is 11.5. The Labute approximate surface area is 115 Å². The van der Waals surface area contributed by atoms with Crippen LogP contribution in [0.2, 0.25) is 0 Å². The molecule has 1 rings (SSSR count).